The van der Waals surface area contributed by atoms with Crippen LogP contribution in [-0.2, 0) is 0 Å². The van der Waals surface area contributed by atoms with Crippen LogP contribution in [0.4, 0.5) is 5.69 Å². The van der Waals surface area contributed by atoms with Gasteiger partial charge in [0.2, 0.25) is 0 Å². The summed E-state index contributed by atoms with van der Waals surface area (Å²) in [4.78, 5) is 6.28. The van der Waals surface area contributed by atoms with Crippen LogP contribution in [-0.4, -0.2) is 30.3 Å². The lowest BCUT2D eigenvalue weighted by molar-refractivity contribution is 0.0524. The fraction of sp³-hybridized carbons (Fsp3) is 0.583. The number of aliphatic hydroxyl groups is 1. The standard InChI is InChI=1S/C12H18N2O/c1-14(11-4-2-7-13-8-11)9-12(10-15)5-3-6-12/h2,4,7-8,15H,3,5-6,9-10H2,1H3. The topological polar surface area (TPSA) is 36.4 Å². The molecule has 1 aliphatic rings. The molecule has 3 heteroatoms. The van der Waals surface area contributed by atoms with Gasteiger partial charge in [0.15, 0.2) is 0 Å². The fourth-order valence-corrected chi connectivity index (χ4v) is 2.22. The van der Waals surface area contributed by atoms with Crippen LogP contribution in [0.3, 0.4) is 0 Å². The molecule has 15 heavy (non-hydrogen) atoms. The van der Waals surface area contributed by atoms with Gasteiger partial charge in [-0.15, -0.1) is 0 Å². The second kappa shape index (κ2) is 4.19. The molecule has 1 saturated carbocycles. The third kappa shape index (κ3) is 2.12. The zero-order valence-corrected chi connectivity index (χ0v) is 9.19. The van der Waals surface area contributed by atoms with E-state index in [9.17, 15) is 5.11 Å². The highest BCUT2D eigenvalue weighted by atomic mass is 16.3. The summed E-state index contributed by atoms with van der Waals surface area (Å²) in [5, 5.41) is 9.39. The molecule has 1 aromatic rings. The molecule has 1 aliphatic carbocycles. The third-order valence-electron chi connectivity index (χ3n) is 3.41. The Hall–Kier alpha value is -1.09. The van der Waals surface area contributed by atoms with Crippen LogP contribution in [0, 0.1) is 5.41 Å². The highest BCUT2D eigenvalue weighted by Crippen LogP contribution is 2.41. The third-order valence-corrected chi connectivity index (χ3v) is 3.41. The maximum atomic E-state index is 9.39. The van der Waals surface area contributed by atoms with Gasteiger partial charge in [0.25, 0.3) is 0 Å². The zero-order chi connectivity index (χ0) is 10.7. The van der Waals surface area contributed by atoms with Crippen molar-refractivity contribution < 1.29 is 5.11 Å². The zero-order valence-electron chi connectivity index (χ0n) is 9.19. The number of hydrogen-bond acceptors (Lipinski definition) is 3. The first-order valence-electron chi connectivity index (χ1n) is 5.48. The van der Waals surface area contributed by atoms with Crippen molar-refractivity contribution in [2.24, 2.45) is 5.41 Å². The Morgan fingerprint density at radius 3 is 2.80 bits per heavy atom. The first-order chi connectivity index (χ1) is 7.26. The Morgan fingerprint density at radius 2 is 2.33 bits per heavy atom. The van der Waals surface area contributed by atoms with Gasteiger partial charge in [0.05, 0.1) is 18.5 Å². The van der Waals surface area contributed by atoms with E-state index in [0.29, 0.717) is 6.61 Å². The lowest BCUT2D eigenvalue weighted by Gasteiger charge is -2.43. The number of rotatable bonds is 4. The fourth-order valence-electron chi connectivity index (χ4n) is 2.22. The van der Waals surface area contributed by atoms with E-state index in [1.54, 1.807) is 6.20 Å². The Bertz CT molecular complexity index is 303. The molecule has 3 nitrogen and oxygen atoms in total. The molecular weight excluding hydrogens is 188 g/mol. The Labute approximate surface area is 90.8 Å². The average molecular weight is 206 g/mol. The van der Waals surface area contributed by atoms with Crippen LogP contribution in [0.1, 0.15) is 19.3 Å². The number of hydrogen-bond donors (Lipinski definition) is 1. The molecule has 0 aromatic carbocycles. The van der Waals surface area contributed by atoms with Crippen molar-refractivity contribution >= 4 is 5.69 Å². The summed E-state index contributed by atoms with van der Waals surface area (Å²) in [5.74, 6) is 0. The summed E-state index contributed by atoms with van der Waals surface area (Å²) in [5.41, 5.74) is 1.27. The normalized spacial score (nSPS) is 18.3. The molecule has 0 spiro atoms. The van der Waals surface area contributed by atoms with E-state index < -0.39 is 0 Å². The van der Waals surface area contributed by atoms with Crippen LogP contribution >= 0.6 is 0 Å². The summed E-state index contributed by atoms with van der Waals surface area (Å²) < 4.78 is 0. The molecule has 0 unspecified atom stereocenters. The monoisotopic (exact) mass is 206 g/mol. The second-order valence-corrected chi connectivity index (χ2v) is 4.58. The quantitative estimate of drug-likeness (QED) is 0.814. The van der Waals surface area contributed by atoms with E-state index in [-0.39, 0.29) is 5.41 Å². The summed E-state index contributed by atoms with van der Waals surface area (Å²) in [6.45, 7) is 1.23. The lowest BCUT2D eigenvalue weighted by Crippen LogP contribution is -2.43. The maximum absolute atomic E-state index is 9.39. The number of nitrogens with zero attached hydrogens (tertiary/aromatic N) is 2. The van der Waals surface area contributed by atoms with Crippen molar-refractivity contribution in [1.29, 1.82) is 0 Å². The van der Waals surface area contributed by atoms with Crippen LogP contribution in [0.15, 0.2) is 24.5 Å². The Kier molecular flexibility index (Phi) is 2.91. The van der Waals surface area contributed by atoms with E-state index in [2.05, 4.69) is 23.0 Å². The van der Waals surface area contributed by atoms with Gasteiger partial charge in [-0.05, 0) is 25.0 Å². The first kappa shape index (κ1) is 10.4. The average Bonchev–Trinajstić information content (AvgIpc) is 2.24. The summed E-state index contributed by atoms with van der Waals surface area (Å²) in [6.07, 6.45) is 7.19. The van der Waals surface area contributed by atoms with E-state index in [1.165, 1.54) is 6.42 Å². The predicted octanol–water partition coefficient (Wildman–Crippen LogP) is 1.68. The van der Waals surface area contributed by atoms with E-state index in [0.717, 1.165) is 25.1 Å². The van der Waals surface area contributed by atoms with E-state index in [4.69, 9.17) is 0 Å². The molecule has 82 valence electrons. The minimum atomic E-state index is 0.143. The van der Waals surface area contributed by atoms with Crippen molar-refractivity contribution in [3.05, 3.63) is 24.5 Å². The van der Waals surface area contributed by atoms with Gasteiger partial charge in [-0.2, -0.15) is 0 Å². The molecule has 0 aliphatic heterocycles. The Morgan fingerprint density at radius 1 is 1.53 bits per heavy atom. The number of aliphatic hydroxyl groups excluding tert-OH is 1. The molecular formula is C12H18N2O. The molecule has 0 radical (unpaired) electrons. The highest BCUT2D eigenvalue weighted by Gasteiger charge is 2.37. The van der Waals surface area contributed by atoms with Gasteiger partial charge in [0, 0.05) is 25.2 Å². The molecule has 2 rings (SSSR count). The summed E-state index contributed by atoms with van der Waals surface area (Å²) >= 11 is 0. The number of aromatic nitrogens is 1. The van der Waals surface area contributed by atoms with Gasteiger partial charge < -0.3 is 10.0 Å². The van der Waals surface area contributed by atoms with Crippen molar-refractivity contribution in [1.82, 2.24) is 4.98 Å². The van der Waals surface area contributed by atoms with Crippen LogP contribution in [0.25, 0.3) is 0 Å². The SMILES string of the molecule is CN(CC1(CO)CCC1)c1cccnc1. The van der Waals surface area contributed by atoms with E-state index in [1.807, 2.05) is 12.3 Å². The van der Waals surface area contributed by atoms with Crippen molar-refractivity contribution in [2.75, 3.05) is 25.1 Å². The van der Waals surface area contributed by atoms with Crippen molar-refractivity contribution in [3.8, 4) is 0 Å². The predicted molar refractivity (Wildman–Crippen MR) is 60.9 cm³/mol. The smallest absolute Gasteiger partial charge is 0.0550 e. The number of anilines is 1. The lowest BCUT2D eigenvalue weighted by atomic mass is 9.69. The minimum Gasteiger partial charge on any atom is -0.396 e. The minimum absolute atomic E-state index is 0.143. The molecule has 0 atom stereocenters. The van der Waals surface area contributed by atoms with Crippen LogP contribution in [0.2, 0.25) is 0 Å². The maximum Gasteiger partial charge on any atom is 0.0550 e. The van der Waals surface area contributed by atoms with Crippen LogP contribution in [0.5, 0.6) is 0 Å². The molecule has 1 N–H and O–H groups in total. The van der Waals surface area contributed by atoms with Gasteiger partial charge in [-0.25, -0.2) is 0 Å². The number of pyridine rings is 1. The highest BCUT2D eigenvalue weighted by molar-refractivity contribution is 5.42. The van der Waals surface area contributed by atoms with Crippen molar-refractivity contribution in [3.63, 3.8) is 0 Å². The van der Waals surface area contributed by atoms with Crippen molar-refractivity contribution in [2.45, 2.75) is 19.3 Å². The summed E-state index contributed by atoms with van der Waals surface area (Å²) in [6, 6.07) is 4.00. The molecule has 0 bridgehead atoms. The van der Waals surface area contributed by atoms with E-state index >= 15 is 0 Å². The van der Waals surface area contributed by atoms with Crippen LogP contribution < -0.4 is 4.90 Å². The Balaban J connectivity index is 2.00. The molecule has 1 fully saturated rings. The van der Waals surface area contributed by atoms with Gasteiger partial charge in [0.1, 0.15) is 0 Å². The first-order valence-corrected chi connectivity index (χ1v) is 5.48. The second-order valence-electron chi connectivity index (χ2n) is 4.58. The molecule has 1 aromatic heterocycles. The molecule has 0 saturated heterocycles. The van der Waals surface area contributed by atoms with Gasteiger partial charge >= 0.3 is 0 Å². The molecule has 1 heterocycles. The summed E-state index contributed by atoms with van der Waals surface area (Å²) in [7, 11) is 2.06. The van der Waals surface area contributed by atoms with Gasteiger partial charge in [-0.3, -0.25) is 4.98 Å². The largest absolute Gasteiger partial charge is 0.396 e. The van der Waals surface area contributed by atoms with Gasteiger partial charge in [-0.1, -0.05) is 6.42 Å². The molecule has 0 amide bonds.